The molecule has 0 spiro atoms. The van der Waals surface area contributed by atoms with E-state index in [1.54, 1.807) is 0 Å². The molecule has 6 heteroatoms. The van der Waals surface area contributed by atoms with Crippen LogP contribution in [0.1, 0.15) is 22.5 Å². The first-order chi connectivity index (χ1) is 7.50. The Hall–Kier alpha value is -1.98. The zero-order valence-corrected chi connectivity index (χ0v) is 8.32. The van der Waals surface area contributed by atoms with Crippen molar-refractivity contribution in [2.45, 2.75) is 6.43 Å². The Morgan fingerprint density at radius 3 is 2.75 bits per heavy atom. The van der Waals surface area contributed by atoms with E-state index in [1.165, 1.54) is 29.9 Å². The second-order valence-electron chi connectivity index (χ2n) is 3.35. The summed E-state index contributed by atoms with van der Waals surface area (Å²) < 4.78 is 26.5. The fourth-order valence-corrected chi connectivity index (χ4v) is 1.59. The van der Waals surface area contributed by atoms with Gasteiger partial charge in [-0.1, -0.05) is 0 Å². The van der Waals surface area contributed by atoms with Crippen LogP contribution < -0.4 is 0 Å². The number of nitrogens with zero attached hydrogens (tertiary/aromatic N) is 2. The van der Waals surface area contributed by atoms with Crippen molar-refractivity contribution in [3.63, 3.8) is 0 Å². The van der Waals surface area contributed by atoms with Gasteiger partial charge in [0.05, 0.1) is 11.1 Å². The maximum Gasteiger partial charge on any atom is 0.335 e. The minimum Gasteiger partial charge on any atom is -0.478 e. The summed E-state index contributed by atoms with van der Waals surface area (Å²) in [6, 6.07) is 4.05. The predicted molar refractivity (Wildman–Crippen MR) is 52.6 cm³/mol. The van der Waals surface area contributed by atoms with Crippen LogP contribution in [0.4, 0.5) is 8.78 Å². The molecular weight excluding hydrogens is 218 g/mol. The average molecular weight is 226 g/mol. The van der Waals surface area contributed by atoms with E-state index < -0.39 is 12.4 Å². The molecular formula is C10H8F2N2O2. The van der Waals surface area contributed by atoms with Gasteiger partial charge in [0, 0.05) is 12.4 Å². The number of carbonyl (C=O) groups is 1. The SMILES string of the molecule is Cn1nc(C(F)F)c2cc(C(=O)O)ccc21. The van der Waals surface area contributed by atoms with Crippen LogP contribution in [-0.4, -0.2) is 20.9 Å². The van der Waals surface area contributed by atoms with E-state index in [2.05, 4.69) is 5.10 Å². The van der Waals surface area contributed by atoms with Crippen LogP contribution in [-0.2, 0) is 7.05 Å². The molecule has 1 aromatic carbocycles. The predicted octanol–water partition coefficient (Wildman–Crippen LogP) is 2.21. The number of benzene rings is 1. The number of fused-ring (bicyclic) bond motifs is 1. The van der Waals surface area contributed by atoms with Crippen LogP contribution in [0, 0.1) is 0 Å². The van der Waals surface area contributed by atoms with Crippen LogP contribution >= 0.6 is 0 Å². The Bertz CT molecular complexity index is 563. The summed E-state index contributed by atoms with van der Waals surface area (Å²) in [6.07, 6.45) is -2.72. The van der Waals surface area contributed by atoms with E-state index in [1.807, 2.05) is 0 Å². The molecule has 0 aliphatic rings. The molecule has 0 aliphatic carbocycles. The van der Waals surface area contributed by atoms with Gasteiger partial charge in [0.2, 0.25) is 0 Å². The van der Waals surface area contributed by atoms with Crippen molar-refractivity contribution in [3.05, 3.63) is 29.5 Å². The molecule has 16 heavy (non-hydrogen) atoms. The van der Waals surface area contributed by atoms with Gasteiger partial charge in [-0.25, -0.2) is 13.6 Å². The molecule has 0 atom stereocenters. The van der Waals surface area contributed by atoms with Crippen molar-refractivity contribution >= 4 is 16.9 Å². The van der Waals surface area contributed by atoms with Gasteiger partial charge in [0.1, 0.15) is 5.69 Å². The molecule has 0 bridgehead atoms. The number of hydrogen-bond donors (Lipinski definition) is 1. The van der Waals surface area contributed by atoms with Crippen molar-refractivity contribution in [2.75, 3.05) is 0 Å². The first-order valence-electron chi connectivity index (χ1n) is 4.49. The highest BCUT2D eigenvalue weighted by molar-refractivity contribution is 5.94. The summed E-state index contributed by atoms with van der Waals surface area (Å²) in [6.45, 7) is 0. The smallest absolute Gasteiger partial charge is 0.335 e. The standard InChI is InChI=1S/C10H8F2N2O2/c1-14-7-3-2-5(10(15)16)4-6(7)8(13-14)9(11)12/h2-4,9H,1H3,(H,15,16). The second-order valence-corrected chi connectivity index (χ2v) is 3.35. The molecule has 0 saturated heterocycles. The van der Waals surface area contributed by atoms with E-state index in [-0.39, 0.29) is 16.6 Å². The zero-order valence-electron chi connectivity index (χ0n) is 8.32. The number of hydrogen-bond acceptors (Lipinski definition) is 2. The van der Waals surface area contributed by atoms with Crippen LogP contribution in [0.3, 0.4) is 0 Å². The van der Waals surface area contributed by atoms with Gasteiger partial charge in [-0.2, -0.15) is 5.10 Å². The fourth-order valence-electron chi connectivity index (χ4n) is 1.59. The Balaban J connectivity index is 2.74. The van der Waals surface area contributed by atoms with Crippen molar-refractivity contribution < 1.29 is 18.7 Å². The molecule has 0 aliphatic heterocycles. The first-order valence-corrected chi connectivity index (χ1v) is 4.49. The minimum absolute atomic E-state index is 0.0256. The van der Waals surface area contributed by atoms with Crippen LogP contribution in [0.25, 0.3) is 10.9 Å². The van der Waals surface area contributed by atoms with Crippen molar-refractivity contribution in [3.8, 4) is 0 Å². The Morgan fingerprint density at radius 2 is 2.19 bits per heavy atom. The summed E-state index contributed by atoms with van der Waals surface area (Å²) in [5.74, 6) is -1.15. The molecule has 1 N–H and O–H groups in total. The normalized spacial score (nSPS) is 11.2. The maximum absolute atomic E-state index is 12.6. The molecule has 0 saturated carbocycles. The lowest BCUT2D eigenvalue weighted by molar-refractivity contribution is 0.0697. The third-order valence-corrected chi connectivity index (χ3v) is 2.33. The quantitative estimate of drug-likeness (QED) is 0.854. The van der Waals surface area contributed by atoms with Crippen molar-refractivity contribution in [1.29, 1.82) is 0 Å². The number of carboxylic acids is 1. The van der Waals surface area contributed by atoms with Crippen LogP contribution in [0.5, 0.6) is 0 Å². The molecule has 84 valence electrons. The number of rotatable bonds is 2. The monoisotopic (exact) mass is 226 g/mol. The van der Waals surface area contributed by atoms with Crippen molar-refractivity contribution in [1.82, 2.24) is 9.78 Å². The Kier molecular flexibility index (Phi) is 2.34. The Labute approximate surface area is 89.1 Å². The highest BCUT2D eigenvalue weighted by Crippen LogP contribution is 2.27. The third-order valence-electron chi connectivity index (χ3n) is 2.33. The van der Waals surface area contributed by atoms with E-state index in [0.29, 0.717) is 5.52 Å². The maximum atomic E-state index is 12.6. The number of aromatic nitrogens is 2. The fraction of sp³-hybridized carbons (Fsp3) is 0.200. The van der Waals surface area contributed by atoms with E-state index in [9.17, 15) is 13.6 Å². The van der Waals surface area contributed by atoms with Crippen LogP contribution in [0.15, 0.2) is 18.2 Å². The van der Waals surface area contributed by atoms with Gasteiger partial charge in [-0.15, -0.1) is 0 Å². The van der Waals surface area contributed by atoms with E-state index >= 15 is 0 Å². The Morgan fingerprint density at radius 1 is 1.50 bits per heavy atom. The van der Waals surface area contributed by atoms with E-state index in [0.717, 1.165) is 0 Å². The minimum atomic E-state index is -2.72. The number of halogens is 2. The molecule has 4 nitrogen and oxygen atoms in total. The summed E-state index contributed by atoms with van der Waals surface area (Å²) >= 11 is 0. The zero-order chi connectivity index (χ0) is 11.9. The number of aryl methyl sites for hydroxylation is 1. The molecule has 2 aromatic rings. The summed E-state index contributed by atoms with van der Waals surface area (Å²) in [5.41, 5.74) is 0.0725. The summed E-state index contributed by atoms with van der Waals surface area (Å²) in [4.78, 5) is 10.7. The average Bonchev–Trinajstić information content (AvgIpc) is 2.56. The topological polar surface area (TPSA) is 55.1 Å². The molecule has 2 rings (SSSR count). The third kappa shape index (κ3) is 1.52. The first kappa shape index (κ1) is 10.5. The lowest BCUT2D eigenvalue weighted by Crippen LogP contribution is -1.95. The summed E-state index contributed by atoms with van der Waals surface area (Å²) in [5, 5.41) is 12.6. The highest BCUT2D eigenvalue weighted by atomic mass is 19.3. The summed E-state index contributed by atoms with van der Waals surface area (Å²) in [7, 11) is 1.54. The van der Waals surface area contributed by atoms with Gasteiger partial charge >= 0.3 is 5.97 Å². The molecule has 1 heterocycles. The molecule has 0 radical (unpaired) electrons. The van der Waals surface area contributed by atoms with E-state index in [4.69, 9.17) is 5.11 Å². The lowest BCUT2D eigenvalue weighted by Gasteiger charge is -1.97. The van der Waals surface area contributed by atoms with Crippen LogP contribution in [0.2, 0.25) is 0 Å². The number of carboxylic acid groups (broad SMARTS) is 1. The van der Waals surface area contributed by atoms with Crippen molar-refractivity contribution in [2.24, 2.45) is 7.05 Å². The largest absolute Gasteiger partial charge is 0.478 e. The molecule has 0 unspecified atom stereocenters. The van der Waals surface area contributed by atoms with Gasteiger partial charge in [-0.05, 0) is 18.2 Å². The number of aromatic carboxylic acids is 1. The highest BCUT2D eigenvalue weighted by Gasteiger charge is 2.18. The van der Waals surface area contributed by atoms with Gasteiger partial charge in [0.25, 0.3) is 6.43 Å². The lowest BCUT2D eigenvalue weighted by atomic mass is 10.1. The number of alkyl halides is 2. The molecule has 0 amide bonds. The molecule has 1 aromatic heterocycles. The van der Waals surface area contributed by atoms with Gasteiger partial charge in [-0.3, -0.25) is 4.68 Å². The molecule has 0 fully saturated rings. The van der Waals surface area contributed by atoms with Gasteiger partial charge < -0.3 is 5.11 Å². The van der Waals surface area contributed by atoms with Gasteiger partial charge in [0.15, 0.2) is 0 Å². The second kappa shape index (κ2) is 3.55.